The number of nitrogens with zero attached hydrogens (tertiary/aromatic N) is 1. The van der Waals surface area contributed by atoms with Crippen LogP contribution in [0.25, 0.3) is 5.69 Å². The Morgan fingerprint density at radius 2 is 1.54 bits per heavy atom. The largest absolute Gasteiger partial charge is 0.478 e. The molecule has 1 heterocycles. The highest BCUT2D eigenvalue weighted by atomic mass is 16.4. The van der Waals surface area contributed by atoms with Crippen LogP contribution < -0.4 is 10.6 Å². The topological polar surface area (TPSA) is 66.3 Å². The minimum absolute atomic E-state index is 0.286. The summed E-state index contributed by atoms with van der Waals surface area (Å²) in [5, 5.41) is 15.5. The van der Waals surface area contributed by atoms with Gasteiger partial charge in [0.25, 0.3) is 0 Å². The maximum Gasteiger partial charge on any atom is 0.335 e. The minimum atomic E-state index is -0.917. The summed E-state index contributed by atoms with van der Waals surface area (Å²) in [7, 11) is 0. The lowest BCUT2D eigenvalue weighted by Gasteiger charge is -2.10. The van der Waals surface area contributed by atoms with E-state index in [4.69, 9.17) is 5.11 Å². The van der Waals surface area contributed by atoms with Crippen molar-refractivity contribution in [2.45, 2.75) is 0 Å². The van der Waals surface area contributed by atoms with Crippen LogP contribution in [0.2, 0.25) is 0 Å². The average molecular weight is 321 g/mol. The Hall–Kier alpha value is -3.21. The summed E-state index contributed by atoms with van der Waals surface area (Å²) in [6, 6.07) is 19.0. The Morgan fingerprint density at radius 3 is 2.21 bits per heavy atom. The molecule has 0 amide bonds. The van der Waals surface area contributed by atoms with E-state index in [-0.39, 0.29) is 5.56 Å². The monoisotopic (exact) mass is 321 g/mol. The molecule has 5 nitrogen and oxygen atoms in total. The van der Waals surface area contributed by atoms with Gasteiger partial charge in [0.15, 0.2) is 0 Å². The van der Waals surface area contributed by atoms with E-state index in [1.807, 2.05) is 42.7 Å². The van der Waals surface area contributed by atoms with Gasteiger partial charge in [-0.1, -0.05) is 6.07 Å². The van der Waals surface area contributed by atoms with Crippen LogP contribution in [0.15, 0.2) is 73.1 Å². The second-order valence-electron chi connectivity index (χ2n) is 5.38. The van der Waals surface area contributed by atoms with Gasteiger partial charge in [-0.25, -0.2) is 4.79 Å². The molecule has 0 aliphatic rings. The lowest BCUT2D eigenvalue weighted by atomic mass is 10.2. The molecule has 1 aromatic heterocycles. The van der Waals surface area contributed by atoms with Gasteiger partial charge in [0.1, 0.15) is 0 Å². The van der Waals surface area contributed by atoms with E-state index in [1.165, 1.54) is 0 Å². The van der Waals surface area contributed by atoms with Crippen molar-refractivity contribution in [1.82, 2.24) is 4.57 Å². The Labute approximate surface area is 140 Å². The molecule has 0 fully saturated rings. The number of anilines is 2. The maximum absolute atomic E-state index is 10.9. The summed E-state index contributed by atoms with van der Waals surface area (Å²) >= 11 is 0. The molecule has 2 aromatic carbocycles. The second-order valence-corrected chi connectivity index (χ2v) is 5.38. The van der Waals surface area contributed by atoms with Gasteiger partial charge in [0.2, 0.25) is 0 Å². The number of aromatic carboxylic acids is 1. The molecule has 0 spiro atoms. The van der Waals surface area contributed by atoms with Gasteiger partial charge in [0.05, 0.1) is 5.56 Å². The highest BCUT2D eigenvalue weighted by molar-refractivity contribution is 5.88. The second kappa shape index (κ2) is 7.37. The molecular formula is C19H19N3O2. The fraction of sp³-hybridized carbons (Fsp3) is 0.105. The van der Waals surface area contributed by atoms with Crippen LogP contribution in [-0.2, 0) is 0 Å². The van der Waals surface area contributed by atoms with Crippen LogP contribution >= 0.6 is 0 Å². The third-order valence-corrected chi connectivity index (χ3v) is 3.66. The van der Waals surface area contributed by atoms with E-state index >= 15 is 0 Å². The molecule has 3 rings (SSSR count). The zero-order valence-corrected chi connectivity index (χ0v) is 13.1. The first-order valence-corrected chi connectivity index (χ1v) is 7.77. The van der Waals surface area contributed by atoms with Crippen LogP contribution in [-0.4, -0.2) is 28.7 Å². The lowest BCUT2D eigenvalue weighted by Crippen LogP contribution is -2.13. The van der Waals surface area contributed by atoms with E-state index in [1.54, 1.807) is 18.2 Å². The van der Waals surface area contributed by atoms with Crippen LogP contribution in [0.5, 0.6) is 0 Å². The molecule has 3 aromatic rings. The van der Waals surface area contributed by atoms with Gasteiger partial charge in [0, 0.05) is 42.5 Å². The molecular weight excluding hydrogens is 302 g/mol. The van der Waals surface area contributed by atoms with E-state index in [0.29, 0.717) is 6.54 Å². The van der Waals surface area contributed by atoms with Crippen LogP contribution in [0, 0.1) is 0 Å². The number of rotatable bonds is 7. The van der Waals surface area contributed by atoms with Crippen molar-refractivity contribution in [1.29, 1.82) is 0 Å². The van der Waals surface area contributed by atoms with Crippen molar-refractivity contribution in [2.75, 3.05) is 23.7 Å². The predicted octanol–water partition coefficient (Wildman–Crippen LogP) is 3.70. The van der Waals surface area contributed by atoms with Gasteiger partial charge in [-0.15, -0.1) is 0 Å². The Kier molecular flexibility index (Phi) is 4.81. The Morgan fingerprint density at radius 1 is 0.875 bits per heavy atom. The van der Waals surface area contributed by atoms with Gasteiger partial charge in [-0.3, -0.25) is 0 Å². The molecule has 0 unspecified atom stereocenters. The number of carbonyl (C=O) groups is 1. The zero-order valence-electron chi connectivity index (χ0n) is 13.1. The predicted molar refractivity (Wildman–Crippen MR) is 96.1 cm³/mol. The molecule has 3 N–H and O–H groups in total. The number of hydrogen-bond donors (Lipinski definition) is 3. The summed E-state index contributed by atoms with van der Waals surface area (Å²) in [6.07, 6.45) is 4.02. The number of hydrogen-bond acceptors (Lipinski definition) is 3. The minimum Gasteiger partial charge on any atom is -0.478 e. The molecule has 0 radical (unpaired) electrons. The summed E-state index contributed by atoms with van der Waals surface area (Å²) in [5.41, 5.74) is 3.26. The molecule has 122 valence electrons. The first kappa shape index (κ1) is 15.7. The first-order chi connectivity index (χ1) is 11.7. The third kappa shape index (κ3) is 3.95. The number of carboxylic acids is 1. The first-order valence-electron chi connectivity index (χ1n) is 7.77. The van der Waals surface area contributed by atoms with Gasteiger partial charge in [-0.05, 0) is 54.6 Å². The quantitative estimate of drug-likeness (QED) is 0.581. The number of carboxylic acid groups (broad SMARTS) is 1. The molecule has 0 saturated heterocycles. The van der Waals surface area contributed by atoms with Crippen LogP contribution in [0.4, 0.5) is 11.4 Å². The SMILES string of the molecule is O=C(O)c1cccc(NCCNc2ccc(-n3cccc3)cc2)c1. The normalized spacial score (nSPS) is 10.3. The molecule has 0 atom stereocenters. The summed E-state index contributed by atoms with van der Waals surface area (Å²) in [6.45, 7) is 1.43. The average Bonchev–Trinajstić information content (AvgIpc) is 3.14. The van der Waals surface area contributed by atoms with Gasteiger partial charge >= 0.3 is 5.97 Å². The number of nitrogens with one attached hydrogen (secondary N) is 2. The molecule has 0 saturated carbocycles. The molecule has 0 bridgehead atoms. The third-order valence-electron chi connectivity index (χ3n) is 3.66. The van der Waals surface area contributed by atoms with Crippen molar-refractivity contribution in [3.8, 4) is 5.69 Å². The smallest absolute Gasteiger partial charge is 0.335 e. The fourth-order valence-corrected chi connectivity index (χ4v) is 2.43. The molecule has 24 heavy (non-hydrogen) atoms. The standard InChI is InChI=1S/C19H19N3O2/c23-19(24)15-4-3-5-17(14-15)21-11-10-20-16-6-8-18(9-7-16)22-12-1-2-13-22/h1-9,12-14,20-21H,10-11H2,(H,23,24). The van der Waals surface area contributed by atoms with E-state index in [0.717, 1.165) is 23.6 Å². The van der Waals surface area contributed by atoms with Crippen LogP contribution in [0.3, 0.4) is 0 Å². The fourth-order valence-electron chi connectivity index (χ4n) is 2.43. The molecule has 0 aliphatic carbocycles. The summed E-state index contributed by atoms with van der Waals surface area (Å²) < 4.78 is 2.06. The highest BCUT2D eigenvalue weighted by Gasteiger charge is 2.02. The molecule has 0 aliphatic heterocycles. The number of aromatic nitrogens is 1. The molecule has 5 heteroatoms. The Balaban J connectivity index is 1.48. The van der Waals surface area contributed by atoms with Crippen LogP contribution in [0.1, 0.15) is 10.4 Å². The van der Waals surface area contributed by atoms with Crippen molar-refractivity contribution < 1.29 is 9.90 Å². The van der Waals surface area contributed by atoms with E-state index in [9.17, 15) is 4.79 Å². The van der Waals surface area contributed by atoms with Crippen molar-refractivity contribution in [3.05, 3.63) is 78.6 Å². The van der Waals surface area contributed by atoms with Crippen molar-refractivity contribution in [3.63, 3.8) is 0 Å². The lowest BCUT2D eigenvalue weighted by molar-refractivity contribution is 0.0697. The van der Waals surface area contributed by atoms with Gasteiger partial charge in [-0.2, -0.15) is 0 Å². The van der Waals surface area contributed by atoms with Gasteiger partial charge < -0.3 is 20.3 Å². The highest BCUT2D eigenvalue weighted by Crippen LogP contribution is 2.14. The summed E-state index contributed by atoms with van der Waals surface area (Å²) in [4.78, 5) is 10.9. The van der Waals surface area contributed by atoms with Crippen molar-refractivity contribution in [2.24, 2.45) is 0 Å². The Bertz CT molecular complexity index is 796. The van der Waals surface area contributed by atoms with E-state index in [2.05, 4.69) is 27.3 Å². The number of benzene rings is 2. The maximum atomic E-state index is 10.9. The van der Waals surface area contributed by atoms with E-state index < -0.39 is 5.97 Å². The zero-order chi connectivity index (χ0) is 16.8. The summed E-state index contributed by atoms with van der Waals surface area (Å²) in [5.74, 6) is -0.917. The van der Waals surface area contributed by atoms with Crippen molar-refractivity contribution >= 4 is 17.3 Å².